The Hall–Kier alpha value is -2.94. The minimum atomic E-state index is -2.97. The normalized spacial score (nSPS) is 11.7. The summed E-state index contributed by atoms with van der Waals surface area (Å²) >= 11 is 1.39. The number of hydrogen-bond acceptors (Lipinski definition) is 6. The zero-order valence-electron chi connectivity index (χ0n) is 17.5. The molecule has 0 aliphatic heterocycles. The highest BCUT2D eigenvalue weighted by Gasteiger charge is 2.20. The van der Waals surface area contributed by atoms with Crippen LogP contribution in [0.2, 0.25) is 0 Å². The fourth-order valence-electron chi connectivity index (χ4n) is 2.89. The quantitative estimate of drug-likeness (QED) is 0.367. The predicted octanol–water partition coefficient (Wildman–Crippen LogP) is 5.77. The SMILES string of the molecule is CCOC(=O)c1c(C=Cc2cccc(OC(F)F)c2OCCC(C)C)nc2sccn12. The van der Waals surface area contributed by atoms with Crippen molar-refractivity contribution in [2.75, 3.05) is 13.2 Å². The average molecular weight is 451 g/mol. The van der Waals surface area contributed by atoms with Gasteiger partial charge < -0.3 is 14.2 Å². The summed E-state index contributed by atoms with van der Waals surface area (Å²) in [5.74, 6) is 0.0831. The first-order valence-corrected chi connectivity index (χ1v) is 10.8. The molecular weight excluding hydrogens is 426 g/mol. The van der Waals surface area contributed by atoms with Gasteiger partial charge in [-0.3, -0.25) is 4.40 Å². The Morgan fingerprint density at radius 1 is 1.29 bits per heavy atom. The molecule has 0 N–H and O–H groups in total. The molecular formula is C22H24F2N2O4S. The topological polar surface area (TPSA) is 62.1 Å². The van der Waals surface area contributed by atoms with Crippen molar-refractivity contribution in [3.63, 3.8) is 0 Å². The number of benzene rings is 1. The van der Waals surface area contributed by atoms with Gasteiger partial charge in [0.25, 0.3) is 0 Å². The summed E-state index contributed by atoms with van der Waals surface area (Å²) in [6.45, 7) is 3.45. The Balaban J connectivity index is 1.97. The number of nitrogens with zero attached hydrogens (tertiary/aromatic N) is 2. The van der Waals surface area contributed by atoms with E-state index in [0.29, 0.717) is 34.4 Å². The third kappa shape index (κ3) is 5.61. The van der Waals surface area contributed by atoms with Crippen LogP contribution in [0.4, 0.5) is 8.78 Å². The molecule has 0 atom stereocenters. The molecule has 0 aliphatic carbocycles. The number of esters is 1. The number of rotatable bonds is 10. The molecule has 0 fully saturated rings. The van der Waals surface area contributed by atoms with Crippen molar-refractivity contribution in [1.82, 2.24) is 9.38 Å². The number of para-hydroxylation sites is 1. The van der Waals surface area contributed by atoms with Crippen molar-refractivity contribution in [3.05, 3.63) is 46.7 Å². The lowest BCUT2D eigenvalue weighted by Crippen LogP contribution is -2.09. The number of hydrogen-bond donors (Lipinski definition) is 0. The maximum atomic E-state index is 12.9. The molecule has 3 aromatic rings. The first-order valence-electron chi connectivity index (χ1n) is 9.92. The second-order valence-corrected chi connectivity index (χ2v) is 7.91. The molecule has 2 aromatic heterocycles. The van der Waals surface area contributed by atoms with E-state index in [1.165, 1.54) is 17.4 Å². The maximum Gasteiger partial charge on any atom is 0.387 e. The fourth-order valence-corrected chi connectivity index (χ4v) is 3.61. The van der Waals surface area contributed by atoms with Crippen molar-refractivity contribution in [1.29, 1.82) is 0 Å². The zero-order chi connectivity index (χ0) is 22.4. The number of thiazole rings is 1. The van der Waals surface area contributed by atoms with E-state index in [1.54, 1.807) is 41.8 Å². The van der Waals surface area contributed by atoms with E-state index < -0.39 is 12.6 Å². The minimum absolute atomic E-state index is 0.0441. The highest BCUT2D eigenvalue weighted by atomic mass is 32.1. The van der Waals surface area contributed by atoms with Gasteiger partial charge in [-0.05, 0) is 37.5 Å². The molecule has 0 saturated heterocycles. The molecule has 0 bridgehead atoms. The van der Waals surface area contributed by atoms with Crippen molar-refractivity contribution in [3.8, 4) is 11.5 Å². The van der Waals surface area contributed by atoms with Gasteiger partial charge >= 0.3 is 12.6 Å². The van der Waals surface area contributed by atoms with Crippen LogP contribution >= 0.6 is 11.3 Å². The monoisotopic (exact) mass is 450 g/mol. The van der Waals surface area contributed by atoms with Crippen LogP contribution in [0.1, 0.15) is 48.9 Å². The Bertz CT molecular complexity index is 1060. The van der Waals surface area contributed by atoms with E-state index in [4.69, 9.17) is 9.47 Å². The molecule has 0 spiro atoms. The first-order chi connectivity index (χ1) is 14.9. The number of carbonyl (C=O) groups excluding carboxylic acids is 1. The second-order valence-electron chi connectivity index (χ2n) is 7.04. The molecule has 0 aliphatic rings. The summed E-state index contributed by atoms with van der Waals surface area (Å²) in [7, 11) is 0. The van der Waals surface area contributed by atoms with E-state index in [1.807, 2.05) is 19.2 Å². The maximum absolute atomic E-state index is 12.9. The zero-order valence-corrected chi connectivity index (χ0v) is 18.3. The van der Waals surface area contributed by atoms with E-state index >= 15 is 0 Å². The van der Waals surface area contributed by atoms with Crippen LogP contribution in [-0.2, 0) is 4.74 Å². The average Bonchev–Trinajstić information content (AvgIpc) is 3.28. The number of fused-ring (bicyclic) bond motifs is 1. The van der Waals surface area contributed by atoms with Gasteiger partial charge in [0, 0.05) is 17.1 Å². The lowest BCUT2D eigenvalue weighted by molar-refractivity contribution is -0.0515. The third-order valence-corrected chi connectivity index (χ3v) is 5.10. The van der Waals surface area contributed by atoms with Gasteiger partial charge in [0.05, 0.1) is 18.9 Å². The molecule has 1 aromatic carbocycles. The van der Waals surface area contributed by atoms with Crippen molar-refractivity contribution < 1.29 is 27.8 Å². The van der Waals surface area contributed by atoms with Gasteiger partial charge in [0.15, 0.2) is 22.2 Å². The Morgan fingerprint density at radius 3 is 2.81 bits per heavy atom. The Labute approximate surface area is 183 Å². The highest BCUT2D eigenvalue weighted by Crippen LogP contribution is 2.34. The van der Waals surface area contributed by atoms with Gasteiger partial charge in [-0.15, -0.1) is 11.3 Å². The molecule has 31 heavy (non-hydrogen) atoms. The molecule has 9 heteroatoms. The van der Waals surface area contributed by atoms with E-state index in [9.17, 15) is 13.6 Å². The summed E-state index contributed by atoms with van der Waals surface area (Å²) in [4.78, 5) is 17.6. The van der Waals surface area contributed by atoms with E-state index in [-0.39, 0.29) is 18.1 Å². The van der Waals surface area contributed by atoms with Crippen LogP contribution in [0.25, 0.3) is 17.1 Å². The van der Waals surface area contributed by atoms with Gasteiger partial charge in [-0.25, -0.2) is 9.78 Å². The Morgan fingerprint density at radius 2 is 2.10 bits per heavy atom. The molecule has 0 saturated carbocycles. The van der Waals surface area contributed by atoms with Crippen molar-refractivity contribution in [2.24, 2.45) is 5.92 Å². The molecule has 6 nitrogen and oxygen atoms in total. The van der Waals surface area contributed by atoms with Crippen LogP contribution in [0.3, 0.4) is 0 Å². The van der Waals surface area contributed by atoms with Crippen LogP contribution in [-0.4, -0.2) is 35.2 Å². The molecule has 2 heterocycles. The van der Waals surface area contributed by atoms with Crippen LogP contribution in [0.5, 0.6) is 11.5 Å². The summed E-state index contributed by atoms with van der Waals surface area (Å²) in [5.41, 5.74) is 1.25. The molecule has 3 rings (SSSR count). The van der Waals surface area contributed by atoms with Crippen LogP contribution in [0.15, 0.2) is 29.8 Å². The van der Waals surface area contributed by atoms with Gasteiger partial charge in [0.2, 0.25) is 0 Å². The number of alkyl halides is 2. The first kappa shape index (κ1) is 22.7. The summed E-state index contributed by atoms with van der Waals surface area (Å²) in [6, 6.07) is 4.76. The minimum Gasteiger partial charge on any atom is -0.489 e. The number of halogens is 2. The number of imidazole rings is 1. The van der Waals surface area contributed by atoms with Crippen molar-refractivity contribution >= 4 is 34.4 Å². The highest BCUT2D eigenvalue weighted by molar-refractivity contribution is 7.15. The standard InChI is InChI=1S/C22H24F2N2O4S/c1-4-28-20(27)18-16(25-22-26(18)11-13-31-22)9-8-15-6-5-7-17(30-21(23)24)19(15)29-12-10-14(2)3/h5-9,11,13-14,21H,4,10,12H2,1-3H3. The molecule has 166 valence electrons. The third-order valence-electron chi connectivity index (χ3n) is 4.35. The van der Waals surface area contributed by atoms with Gasteiger partial charge in [-0.1, -0.05) is 26.0 Å². The summed E-state index contributed by atoms with van der Waals surface area (Å²) in [5, 5.41) is 1.82. The second kappa shape index (κ2) is 10.4. The number of carbonyl (C=O) groups is 1. The Kier molecular flexibility index (Phi) is 7.62. The molecule has 0 unspecified atom stereocenters. The van der Waals surface area contributed by atoms with Gasteiger partial charge in [0.1, 0.15) is 0 Å². The lowest BCUT2D eigenvalue weighted by atomic mass is 10.1. The lowest BCUT2D eigenvalue weighted by Gasteiger charge is -2.15. The smallest absolute Gasteiger partial charge is 0.387 e. The largest absolute Gasteiger partial charge is 0.489 e. The van der Waals surface area contributed by atoms with E-state index in [0.717, 1.165) is 6.42 Å². The number of aromatic nitrogens is 2. The summed E-state index contributed by atoms with van der Waals surface area (Å²) in [6.07, 6.45) is 5.81. The van der Waals surface area contributed by atoms with Gasteiger partial charge in [-0.2, -0.15) is 8.78 Å². The van der Waals surface area contributed by atoms with Crippen LogP contribution < -0.4 is 9.47 Å². The van der Waals surface area contributed by atoms with Crippen LogP contribution in [0, 0.1) is 5.92 Å². The predicted molar refractivity (Wildman–Crippen MR) is 116 cm³/mol. The molecule has 0 amide bonds. The van der Waals surface area contributed by atoms with Crippen molar-refractivity contribution in [2.45, 2.75) is 33.8 Å². The number of ether oxygens (including phenoxy) is 3. The summed E-state index contributed by atoms with van der Waals surface area (Å²) < 4.78 is 43.0. The molecule has 0 radical (unpaired) electrons. The van der Waals surface area contributed by atoms with E-state index in [2.05, 4.69) is 9.72 Å². The fraction of sp³-hybridized carbons (Fsp3) is 0.364.